The number of phenols is 1. The number of phenolic OH excluding ortho intramolecular Hbond substituents is 1. The molecule has 0 bridgehead atoms. The fourth-order valence-electron chi connectivity index (χ4n) is 1.46. The SMILES string of the molecule is O=C1Cc2cccc(O)c2C1. The van der Waals surface area contributed by atoms with Gasteiger partial charge in [0.2, 0.25) is 0 Å². The predicted molar refractivity (Wildman–Crippen MR) is 40.5 cm³/mol. The van der Waals surface area contributed by atoms with Crippen molar-refractivity contribution in [2.24, 2.45) is 0 Å². The molecule has 0 spiro atoms. The third-order valence-corrected chi connectivity index (χ3v) is 2.01. The number of hydrogen-bond donors (Lipinski definition) is 1. The molecule has 0 aromatic heterocycles. The van der Waals surface area contributed by atoms with E-state index in [2.05, 4.69) is 0 Å². The summed E-state index contributed by atoms with van der Waals surface area (Å²) in [5.41, 5.74) is 1.80. The summed E-state index contributed by atoms with van der Waals surface area (Å²) in [7, 11) is 0. The van der Waals surface area contributed by atoms with Crippen molar-refractivity contribution in [3.8, 4) is 5.75 Å². The fraction of sp³-hybridized carbons (Fsp3) is 0.222. The highest BCUT2D eigenvalue weighted by molar-refractivity contribution is 5.88. The highest BCUT2D eigenvalue weighted by Gasteiger charge is 2.20. The third kappa shape index (κ3) is 0.909. The van der Waals surface area contributed by atoms with Crippen LogP contribution in [0.3, 0.4) is 0 Å². The first-order chi connectivity index (χ1) is 5.27. The van der Waals surface area contributed by atoms with Crippen molar-refractivity contribution in [3.05, 3.63) is 29.3 Å². The number of hydrogen-bond acceptors (Lipinski definition) is 2. The van der Waals surface area contributed by atoms with Crippen LogP contribution in [0.5, 0.6) is 5.75 Å². The Morgan fingerprint density at radius 1 is 1.27 bits per heavy atom. The van der Waals surface area contributed by atoms with Crippen molar-refractivity contribution >= 4 is 5.78 Å². The largest absolute Gasteiger partial charge is 0.508 e. The maximum atomic E-state index is 10.9. The van der Waals surface area contributed by atoms with E-state index in [1.807, 2.05) is 6.07 Å². The number of Topliss-reactive ketones (excluding diaryl/α,β-unsaturated/α-hetero) is 1. The summed E-state index contributed by atoms with van der Waals surface area (Å²) in [5, 5.41) is 9.30. The zero-order valence-electron chi connectivity index (χ0n) is 6.00. The van der Waals surface area contributed by atoms with E-state index in [0.717, 1.165) is 11.1 Å². The lowest BCUT2D eigenvalue weighted by Gasteiger charge is -1.98. The maximum absolute atomic E-state index is 10.9. The van der Waals surface area contributed by atoms with Crippen LogP contribution in [0.4, 0.5) is 0 Å². The minimum Gasteiger partial charge on any atom is -0.508 e. The summed E-state index contributed by atoms with van der Waals surface area (Å²) < 4.78 is 0. The number of carbonyl (C=O) groups is 1. The maximum Gasteiger partial charge on any atom is 0.141 e. The van der Waals surface area contributed by atoms with E-state index in [9.17, 15) is 9.90 Å². The Balaban J connectivity index is 2.57. The summed E-state index contributed by atoms with van der Waals surface area (Å²) in [6.45, 7) is 0. The molecule has 56 valence electrons. The van der Waals surface area contributed by atoms with Crippen LogP contribution >= 0.6 is 0 Å². The lowest BCUT2D eigenvalue weighted by atomic mass is 10.1. The van der Waals surface area contributed by atoms with Crippen molar-refractivity contribution in [1.29, 1.82) is 0 Å². The predicted octanol–water partition coefficient (Wildman–Crippen LogP) is 1.06. The number of ketones is 1. The highest BCUT2D eigenvalue weighted by atomic mass is 16.3. The summed E-state index contributed by atoms with van der Waals surface area (Å²) in [6, 6.07) is 5.28. The van der Waals surface area contributed by atoms with Gasteiger partial charge in [0, 0.05) is 18.4 Å². The van der Waals surface area contributed by atoms with Gasteiger partial charge in [0.25, 0.3) is 0 Å². The second-order valence-corrected chi connectivity index (χ2v) is 2.81. The van der Waals surface area contributed by atoms with Crippen molar-refractivity contribution in [2.75, 3.05) is 0 Å². The number of aromatic hydroxyl groups is 1. The zero-order valence-corrected chi connectivity index (χ0v) is 6.00. The molecule has 1 aliphatic carbocycles. The molecule has 0 unspecified atom stereocenters. The van der Waals surface area contributed by atoms with Gasteiger partial charge in [-0.1, -0.05) is 12.1 Å². The summed E-state index contributed by atoms with van der Waals surface area (Å²) in [6.07, 6.45) is 0.895. The molecule has 0 amide bonds. The first kappa shape index (κ1) is 6.40. The number of carbonyl (C=O) groups excluding carboxylic acids is 1. The van der Waals surface area contributed by atoms with Gasteiger partial charge in [0.05, 0.1) is 0 Å². The van der Waals surface area contributed by atoms with Crippen molar-refractivity contribution in [2.45, 2.75) is 12.8 Å². The van der Waals surface area contributed by atoms with Crippen molar-refractivity contribution < 1.29 is 9.90 Å². The molecule has 1 aliphatic rings. The molecular formula is C9H8O2. The molecule has 0 saturated heterocycles. The number of fused-ring (bicyclic) bond motifs is 1. The van der Waals surface area contributed by atoms with Crippen LogP contribution in [0.1, 0.15) is 11.1 Å². The van der Waals surface area contributed by atoms with Crippen LogP contribution in [0.2, 0.25) is 0 Å². The van der Waals surface area contributed by atoms with Crippen molar-refractivity contribution in [3.63, 3.8) is 0 Å². The first-order valence-corrected chi connectivity index (χ1v) is 3.59. The fourth-order valence-corrected chi connectivity index (χ4v) is 1.46. The Kier molecular flexibility index (Phi) is 1.22. The summed E-state index contributed by atoms with van der Waals surface area (Å²) >= 11 is 0. The molecule has 0 fully saturated rings. The van der Waals surface area contributed by atoms with Crippen LogP contribution in [0, 0.1) is 0 Å². The first-order valence-electron chi connectivity index (χ1n) is 3.59. The van der Waals surface area contributed by atoms with Crippen LogP contribution in [-0.4, -0.2) is 10.9 Å². The average molecular weight is 148 g/mol. The van der Waals surface area contributed by atoms with E-state index in [0.29, 0.717) is 12.8 Å². The quantitative estimate of drug-likeness (QED) is 0.597. The smallest absolute Gasteiger partial charge is 0.141 e. The Bertz CT molecular complexity index is 315. The standard InChI is InChI=1S/C9H8O2/c10-7-4-6-2-1-3-9(11)8(6)5-7/h1-3,11H,4-5H2. The van der Waals surface area contributed by atoms with Gasteiger partial charge >= 0.3 is 0 Å². The van der Waals surface area contributed by atoms with Crippen molar-refractivity contribution in [1.82, 2.24) is 0 Å². The minimum absolute atomic E-state index is 0.196. The van der Waals surface area contributed by atoms with E-state index >= 15 is 0 Å². The minimum atomic E-state index is 0.196. The van der Waals surface area contributed by atoms with E-state index in [-0.39, 0.29) is 11.5 Å². The van der Waals surface area contributed by atoms with Gasteiger partial charge in [-0.3, -0.25) is 4.79 Å². The molecule has 1 aromatic carbocycles. The molecule has 1 aromatic rings. The van der Waals surface area contributed by atoms with Gasteiger partial charge in [-0.25, -0.2) is 0 Å². The van der Waals surface area contributed by atoms with Gasteiger partial charge in [0.15, 0.2) is 0 Å². The van der Waals surface area contributed by atoms with Crippen LogP contribution in [-0.2, 0) is 17.6 Å². The lowest BCUT2D eigenvalue weighted by Crippen LogP contribution is -1.92. The molecule has 2 heteroatoms. The van der Waals surface area contributed by atoms with Gasteiger partial charge in [0.1, 0.15) is 11.5 Å². The van der Waals surface area contributed by atoms with Crippen LogP contribution < -0.4 is 0 Å². The van der Waals surface area contributed by atoms with E-state index in [1.165, 1.54) is 0 Å². The Labute approximate surface area is 64.5 Å². The van der Waals surface area contributed by atoms with Crippen LogP contribution in [0.15, 0.2) is 18.2 Å². The molecule has 0 atom stereocenters. The monoisotopic (exact) mass is 148 g/mol. The van der Waals surface area contributed by atoms with Crippen LogP contribution in [0.25, 0.3) is 0 Å². The summed E-state index contributed by atoms with van der Waals surface area (Å²) in [4.78, 5) is 10.9. The van der Waals surface area contributed by atoms with E-state index in [4.69, 9.17) is 0 Å². The number of rotatable bonds is 0. The Morgan fingerprint density at radius 3 is 2.82 bits per heavy atom. The van der Waals surface area contributed by atoms with E-state index in [1.54, 1.807) is 12.1 Å². The Hall–Kier alpha value is -1.31. The zero-order chi connectivity index (χ0) is 7.84. The molecule has 11 heavy (non-hydrogen) atoms. The van der Waals surface area contributed by atoms with Gasteiger partial charge in [-0.2, -0.15) is 0 Å². The molecule has 0 radical (unpaired) electrons. The summed E-state index contributed by atoms with van der Waals surface area (Å²) in [5.74, 6) is 0.454. The molecule has 2 nitrogen and oxygen atoms in total. The molecular weight excluding hydrogens is 140 g/mol. The molecule has 2 rings (SSSR count). The molecule has 0 saturated carbocycles. The van der Waals surface area contributed by atoms with Gasteiger partial charge in [-0.15, -0.1) is 0 Å². The van der Waals surface area contributed by atoms with Gasteiger partial charge < -0.3 is 5.11 Å². The topological polar surface area (TPSA) is 37.3 Å². The molecule has 0 aliphatic heterocycles. The second-order valence-electron chi connectivity index (χ2n) is 2.81. The van der Waals surface area contributed by atoms with E-state index < -0.39 is 0 Å². The molecule has 0 heterocycles. The van der Waals surface area contributed by atoms with Gasteiger partial charge in [-0.05, 0) is 11.6 Å². The lowest BCUT2D eigenvalue weighted by molar-refractivity contribution is -0.117. The number of benzene rings is 1. The molecule has 1 N–H and O–H groups in total. The average Bonchev–Trinajstić information content (AvgIpc) is 2.31. The normalized spacial score (nSPS) is 15.1. The third-order valence-electron chi connectivity index (χ3n) is 2.01. The second kappa shape index (κ2) is 2.09. The Morgan fingerprint density at radius 2 is 2.09 bits per heavy atom. The highest BCUT2D eigenvalue weighted by Crippen LogP contribution is 2.27.